The molecule has 1 aliphatic rings. The molecule has 0 fully saturated rings. The van der Waals surface area contributed by atoms with Crippen molar-refractivity contribution >= 4 is 24.3 Å². The maximum absolute atomic E-state index is 12.0. The van der Waals surface area contributed by atoms with E-state index < -0.39 is 12.1 Å². The van der Waals surface area contributed by atoms with Gasteiger partial charge in [0.15, 0.2) is 0 Å². The Hall–Kier alpha value is -1.27. The summed E-state index contributed by atoms with van der Waals surface area (Å²) < 4.78 is 0. The topological polar surface area (TPSA) is 96.2 Å². The van der Waals surface area contributed by atoms with Crippen molar-refractivity contribution in [2.45, 2.75) is 38.6 Å². The first-order chi connectivity index (χ1) is 9.13. The quantitative estimate of drug-likeness (QED) is 0.521. The lowest BCUT2D eigenvalue weighted by Crippen LogP contribution is -2.49. The van der Waals surface area contributed by atoms with Crippen LogP contribution >= 0.6 is 12.4 Å². The highest BCUT2D eigenvalue weighted by Crippen LogP contribution is 2.04. The van der Waals surface area contributed by atoms with Gasteiger partial charge in [0.1, 0.15) is 6.04 Å². The van der Waals surface area contributed by atoms with Crippen LogP contribution in [-0.2, 0) is 4.79 Å². The van der Waals surface area contributed by atoms with Gasteiger partial charge in [-0.25, -0.2) is 4.79 Å². The van der Waals surface area contributed by atoms with Crippen molar-refractivity contribution in [3.05, 3.63) is 11.6 Å². The molecule has 0 radical (unpaired) electrons. The zero-order chi connectivity index (χ0) is 14.1. The Morgan fingerprint density at radius 2 is 2.25 bits per heavy atom. The van der Waals surface area contributed by atoms with Crippen LogP contribution in [0.25, 0.3) is 0 Å². The highest BCUT2D eigenvalue weighted by Gasteiger charge is 2.19. The molecule has 1 atom stereocenters. The molecule has 116 valence electrons. The number of hydrogen-bond acceptors (Lipinski definition) is 3. The molecule has 7 heteroatoms. The lowest BCUT2D eigenvalue weighted by Gasteiger charge is -2.19. The van der Waals surface area contributed by atoms with Gasteiger partial charge in [0.05, 0.1) is 0 Å². The molecule has 6 nitrogen and oxygen atoms in total. The molecular formula is C13H25ClN4O2. The Morgan fingerprint density at radius 1 is 1.50 bits per heavy atom. The first kappa shape index (κ1) is 18.7. The summed E-state index contributed by atoms with van der Waals surface area (Å²) in [5.74, 6) is -0.160. The molecule has 1 heterocycles. The van der Waals surface area contributed by atoms with Gasteiger partial charge in [0, 0.05) is 13.1 Å². The molecule has 5 N–H and O–H groups in total. The van der Waals surface area contributed by atoms with Crippen LogP contribution in [0.15, 0.2) is 11.6 Å². The fourth-order valence-electron chi connectivity index (χ4n) is 2.00. The van der Waals surface area contributed by atoms with E-state index in [1.165, 1.54) is 5.57 Å². The molecule has 0 aliphatic carbocycles. The van der Waals surface area contributed by atoms with Crippen LogP contribution in [0.3, 0.4) is 0 Å². The average Bonchev–Trinajstić information content (AvgIpc) is 2.41. The number of nitrogens with one attached hydrogen (secondary N) is 3. The van der Waals surface area contributed by atoms with Crippen molar-refractivity contribution in [1.82, 2.24) is 16.0 Å². The molecule has 0 aromatic carbocycles. The molecule has 0 aromatic heterocycles. The van der Waals surface area contributed by atoms with Gasteiger partial charge in [-0.05, 0) is 19.4 Å². The molecule has 0 bridgehead atoms. The van der Waals surface area contributed by atoms with Crippen LogP contribution in [0, 0.1) is 0 Å². The molecule has 0 spiro atoms. The smallest absolute Gasteiger partial charge is 0.312 e. The number of carbonyl (C=O) groups is 2. The van der Waals surface area contributed by atoms with E-state index in [9.17, 15) is 9.59 Å². The van der Waals surface area contributed by atoms with E-state index >= 15 is 0 Å². The number of halogens is 1. The van der Waals surface area contributed by atoms with E-state index in [4.69, 9.17) is 5.73 Å². The third-order valence-corrected chi connectivity index (χ3v) is 3.13. The van der Waals surface area contributed by atoms with E-state index in [2.05, 4.69) is 22.0 Å². The summed E-state index contributed by atoms with van der Waals surface area (Å²) in [6.07, 6.45) is 5.51. The molecule has 0 aromatic rings. The van der Waals surface area contributed by atoms with Crippen molar-refractivity contribution < 1.29 is 9.59 Å². The Labute approximate surface area is 126 Å². The van der Waals surface area contributed by atoms with E-state index in [0.29, 0.717) is 13.0 Å². The summed E-state index contributed by atoms with van der Waals surface area (Å²) in [6, 6.07) is -1.18. The van der Waals surface area contributed by atoms with Gasteiger partial charge in [-0.15, -0.1) is 12.4 Å². The maximum atomic E-state index is 12.0. The minimum Gasteiger partial charge on any atom is -0.352 e. The normalized spacial score (nSPS) is 15.6. The van der Waals surface area contributed by atoms with Gasteiger partial charge < -0.3 is 21.7 Å². The molecule has 1 unspecified atom stereocenters. The van der Waals surface area contributed by atoms with Gasteiger partial charge in [-0.3, -0.25) is 4.79 Å². The largest absolute Gasteiger partial charge is 0.352 e. The number of carbonyl (C=O) groups excluding carboxylic acids is 2. The number of rotatable bonds is 7. The monoisotopic (exact) mass is 304 g/mol. The van der Waals surface area contributed by atoms with Gasteiger partial charge >= 0.3 is 6.03 Å². The Kier molecular flexibility index (Phi) is 9.84. The summed E-state index contributed by atoms with van der Waals surface area (Å²) in [5, 5.41) is 8.58. The second kappa shape index (κ2) is 10.5. The summed E-state index contributed by atoms with van der Waals surface area (Å²) in [4.78, 5) is 22.9. The number of nitrogens with two attached hydrogens (primary N) is 1. The van der Waals surface area contributed by atoms with Crippen molar-refractivity contribution in [2.75, 3.05) is 19.6 Å². The van der Waals surface area contributed by atoms with Crippen LogP contribution in [0.4, 0.5) is 4.79 Å². The lowest BCUT2D eigenvalue weighted by molar-refractivity contribution is -0.122. The second-order valence-electron chi connectivity index (χ2n) is 4.74. The van der Waals surface area contributed by atoms with Crippen molar-refractivity contribution in [2.24, 2.45) is 5.73 Å². The van der Waals surface area contributed by atoms with Crippen LogP contribution < -0.4 is 21.7 Å². The molecule has 0 saturated heterocycles. The first-order valence-corrected chi connectivity index (χ1v) is 6.85. The molecule has 1 rings (SSSR count). The molecule has 0 saturated carbocycles. The Balaban J connectivity index is 0.00000361. The minimum atomic E-state index is -0.655. The van der Waals surface area contributed by atoms with Crippen LogP contribution in [-0.4, -0.2) is 37.6 Å². The highest BCUT2D eigenvalue weighted by atomic mass is 35.5. The summed E-state index contributed by atoms with van der Waals surface area (Å²) in [6.45, 7) is 4.38. The summed E-state index contributed by atoms with van der Waals surface area (Å²) in [7, 11) is 0. The van der Waals surface area contributed by atoms with E-state index in [1.807, 2.05) is 6.92 Å². The SMILES string of the molecule is CCCCC(NC(N)=O)C(=O)NCC1=CCNCC1.Cl. The maximum Gasteiger partial charge on any atom is 0.312 e. The zero-order valence-corrected chi connectivity index (χ0v) is 12.7. The van der Waals surface area contributed by atoms with Gasteiger partial charge in [0.25, 0.3) is 0 Å². The van der Waals surface area contributed by atoms with E-state index in [0.717, 1.165) is 32.4 Å². The van der Waals surface area contributed by atoms with Crippen molar-refractivity contribution in [3.63, 3.8) is 0 Å². The highest BCUT2D eigenvalue weighted by molar-refractivity contribution is 5.86. The van der Waals surface area contributed by atoms with Crippen LogP contribution in [0.1, 0.15) is 32.6 Å². The number of hydrogen-bond donors (Lipinski definition) is 4. The third-order valence-electron chi connectivity index (χ3n) is 3.13. The first-order valence-electron chi connectivity index (χ1n) is 6.85. The lowest BCUT2D eigenvalue weighted by atomic mass is 10.1. The average molecular weight is 305 g/mol. The van der Waals surface area contributed by atoms with Crippen molar-refractivity contribution in [3.8, 4) is 0 Å². The van der Waals surface area contributed by atoms with E-state index in [-0.39, 0.29) is 18.3 Å². The standard InChI is InChI=1S/C13H24N4O2.ClH/c1-2-3-4-11(17-13(14)19)12(18)16-9-10-5-7-15-8-6-10;/h5,11,15H,2-4,6-9H2,1H3,(H,16,18)(H3,14,17,19);1H. The van der Waals surface area contributed by atoms with Crippen LogP contribution in [0.2, 0.25) is 0 Å². The molecule has 20 heavy (non-hydrogen) atoms. The Morgan fingerprint density at radius 3 is 2.80 bits per heavy atom. The van der Waals surface area contributed by atoms with Crippen LogP contribution in [0.5, 0.6) is 0 Å². The Bertz CT molecular complexity index is 347. The second-order valence-corrected chi connectivity index (χ2v) is 4.74. The summed E-state index contributed by atoms with van der Waals surface area (Å²) in [5.41, 5.74) is 6.31. The van der Waals surface area contributed by atoms with Gasteiger partial charge in [-0.2, -0.15) is 0 Å². The number of primary amides is 1. The third kappa shape index (κ3) is 7.35. The fraction of sp³-hybridized carbons (Fsp3) is 0.692. The minimum absolute atomic E-state index is 0. The zero-order valence-electron chi connectivity index (χ0n) is 11.9. The molecular weight excluding hydrogens is 280 g/mol. The number of amides is 3. The van der Waals surface area contributed by atoms with Gasteiger partial charge in [-0.1, -0.05) is 31.4 Å². The molecule has 3 amide bonds. The van der Waals surface area contributed by atoms with Crippen molar-refractivity contribution in [1.29, 1.82) is 0 Å². The van der Waals surface area contributed by atoms with Gasteiger partial charge in [0.2, 0.25) is 5.91 Å². The predicted molar refractivity (Wildman–Crippen MR) is 81.9 cm³/mol. The summed E-state index contributed by atoms with van der Waals surface area (Å²) >= 11 is 0. The number of urea groups is 1. The predicted octanol–water partition coefficient (Wildman–Crippen LogP) is 0.671. The fourth-order valence-corrected chi connectivity index (χ4v) is 2.00. The molecule has 1 aliphatic heterocycles. The van der Waals surface area contributed by atoms with E-state index in [1.54, 1.807) is 0 Å². The number of unbranched alkanes of at least 4 members (excludes halogenated alkanes) is 1.